The van der Waals surface area contributed by atoms with Crippen molar-refractivity contribution in [1.29, 1.82) is 0 Å². The number of Topliss-reactive ketones (excluding diaryl/α,β-unsaturated/α-hetero) is 1. The molecule has 1 amide bonds. The highest BCUT2D eigenvalue weighted by Gasteiger charge is 2.53. The Labute approximate surface area is 178 Å². The number of para-hydroxylation sites is 1. The summed E-state index contributed by atoms with van der Waals surface area (Å²) in [6.07, 6.45) is 5.01. The van der Waals surface area contributed by atoms with E-state index in [2.05, 4.69) is 4.98 Å². The second kappa shape index (κ2) is 7.43. The van der Waals surface area contributed by atoms with Crippen LogP contribution >= 0.6 is 11.3 Å². The number of anilines is 1. The fourth-order valence-electron chi connectivity index (χ4n) is 4.80. The van der Waals surface area contributed by atoms with Gasteiger partial charge in [0.1, 0.15) is 12.1 Å². The van der Waals surface area contributed by atoms with Crippen LogP contribution in [0.5, 0.6) is 11.5 Å². The van der Waals surface area contributed by atoms with E-state index in [0.717, 1.165) is 25.7 Å². The number of ether oxygens (including phenoxy) is 3. The number of nitrogens with zero attached hydrogens (tertiary/aromatic N) is 2. The molecule has 1 saturated carbocycles. The molecule has 156 valence electrons. The summed E-state index contributed by atoms with van der Waals surface area (Å²) >= 11 is 1.35. The van der Waals surface area contributed by atoms with Crippen molar-refractivity contribution in [2.75, 3.05) is 19.1 Å². The Hall–Kier alpha value is -2.87. The van der Waals surface area contributed by atoms with Crippen molar-refractivity contribution < 1.29 is 23.8 Å². The van der Waals surface area contributed by atoms with Crippen LogP contribution in [0.3, 0.4) is 0 Å². The van der Waals surface area contributed by atoms with Crippen LogP contribution in [0.1, 0.15) is 37.3 Å². The second-order valence-electron chi connectivity index (χ2n) is 7.63. The number of rotatable bonds is 4. The molecule has 3 unspecified atom stereocenters. The molecular weight excluding hydrogens is 404 g/mol. The topological polar surface area (TPSA) is 78.0 Å². The highest BCUT2D eigenvalue weighted by atomic mass is 32.1. The molecule has 1 aliphatic carbocycles. The summed E-state index contributed by atoms with van der Waals surface area (Å²) in [5.41, 5.74) is 1.08. The molecule has 0 radical (unpaired) electrons. The van der Waals surface area contributed by atoms with Gasteiger partial charge in [0, 0.05) is 17.1 Å². The molecular formula is C22H22N2O5S. The van der Waals surface area contributed by atoms with Gasteiger partial charge in [0.05, 0.1) is 25.7 Å². The van der Waals surface area contributed by atoms with Gasteiger partial charge < -0.3 is 14.2 Å². The van der Waals surface area contributed by atoms with Crippen molar-refractivity contribution in [3.05, 3.63) is 46.7 Å². The number of aromatic nitrogens is 1. The summed E-state index contributed by atoms with van der Waals surface area (Å²) in [6.45, 7) is 0. The maximum absolute atomic E-state index is 13.6. The Bertz CT molecular complexity index is 1030. The molecule has 0 bridgehead atoms. The minimum Gasteiger partial charge on any atom is -0.493 e. The van der Waals surface area contributed by atoms with E-state index in [0.29, 0.717) is 27.8 Å². The maximum Gasteiger partial charge on any atom is 0.296 e. The van der Waals surface area contributed by atoms with Gasteiger partial charge in [-0.1, -0.05) is 18.6 Å². The largest absolute Gasteiger partial charge is 0.493 e. The van der Waals surface area contributed by atoms with E-state index in [9.17, 15) is 9.59 Å². The minimum atomic E-state index is -0.668. The fraction of sp³-hybridized carbons (Fsp3) is 0.409. The molecule has 3 aliphatic rings. The first-order valence-corrected chi connectivity index (χ1v) is 10.9. The first-order chi connectivity index (χ1) is 14.7. The molecule has 0 saturated heterocycles. The molecule has 2 aromatic rings. The van der Waals surface area contributed by atoms with E-state index in [-0.39, 0.29) is 29.5 Å². The molecule has 8 heteroatoms. The van der Waals surface area contributed by atoms with E-state index < -0.39 is 6.04 Å². The SMILES string of the molecule is COc1cccc(C2C3=C(OC4CCCCC4C3=O)C(=O)N2c2nccs2)c1OC. The minimum absolute atomic E-state index is 0.00299. The Morgan fingerprint density at radius 1 is 1.17 bits per heavy atom. The van der Waals surface area contributed by atoms with Crippen molar-refractivity contribution in [3.8, 4) is 11.5 Å². The molecule has 3 heterocycles. The van der Waals surface area contributed by atoms with Gasteiger partial charge in [-0.05, 0) is 25.3 Å². The van der Waals surface area contributed by atoms with Gasteiger partial charge in [-0.3, -0.25) is 14.5 Å². The van der Waals surface area contributed by atoms with Crippen LogP contribution in [0.4, 0.5) is 5.13 Å². The molecule has 30 heavy (non-hydrogen) atoms. The highest BCUT2D eigenvalue weighted by Crippen LogP contribution is 2.51. The Morgan fingerprint density at radius 3 is 2.73 bits per heavy atom. The lowest BCUT2D eigenvalue weighted by Gasteiger charge is -2.35. The molecule has 1 fully saturated rings. The number of fused-ring (bicyclic) bond motifs is 1. The van der Waals surface area contributed by atoms with Crippen molar-refractivity contribution in [2.45, 2.75) is 37.8 Å². The molecule has 7 nitrogen and oxygen atoms in total. The molecule has 1 aromatic carbocycles. The zero-order valence-electron chi connectivity index (χ0n) is 16.8. The van der Waals surface area contributed by atoms with Gasteiger partial charge in [-0.2, -0.15) is 0 Å². The van der Waals surface area contributed by atoms with Gasteiger partial charge in [0.25, 0.3) is 5.91 Å². The number of hydrogen-bond donors (Lipinski definition) is 0. The Kier molecular flexibility index (Phi) is 4.73. The zero-order chi connectivity index (χ0) is 20.8. The van der Waals surface area contributed by atoms with Gasteiger partial charge in [-0.15, -0.1) is 11.3 Å². The van der Waals surface area contributed by atoms with Crippen LogP contribution in [-0.4, -0.2) is 37.0 Å². The number of carbonyl (C=O) groups is 2. The van der Waals surface area contributed by atoms with Crippen molar-refractivity contribution in [2.24, 2.45) is 5.92 Å². The summed E-state index contributed by atoms with van der Waals surface area (Å²) in [6, 6.07) is 4.81. The first kappa shape index (κ1) is 19.1. The van der Waals surface area contributed by atoms with E-state index in [4.69, 9.17) is 14.2 Å². The summed E-state index contributed by atoms with van der Waals surface area (Å²) in [5.74, 6) is 0.659. The summed E-state index contributed by atoms with van der Waals surface area (Å²) < 4.78 is 17.3. The Balaban J connectivity index is 1.70. The van der Waals surface area contributed by atoms with E-state index in [1.807, 2.05) is 17.5 Å². The fourth-order valence-corrected chi connectivity index (χ4v) is 5.47. The number of benzene rings is 1. The quantitative estimate of drug-likeness (QED) is 0.743. The molecule has 0 N–H and O–H groups in total. The molecule has 2 aliphatic heterocycles. The maximum atomic E-state index is 13.6. The average molecular weight is 426 g/mol. The molecule has 0 spiro atoms. The predicted molar refractivity (Wildman–Crippen MR) is 111 cm³/mol. The summed E-state index contributed by atoms with van der Waals surface area (Å²) in [5, 5.41) is 2.33. The lowest BCUT2D eigenvalue weighted by molar-refractivity contribution is -0.131. The Morgan fingerprint density at radius 2 is 2.00 bits per heavy atom. The van der Waals surface area contributed by atoms with Crippen LogP contribution in [0.15, 0.2) is 41.1 Å². The van der Waals surface area contributed by atoms with Crippen LogP contribution in [0.25, 0.3) is 0 Å². The third-order valence-electron chi connectivity index (χ3n) is 6.12. The van der Waals surface area contributed by atoms with E-state index >= 15 is 0 Å². The first-order valence-electron chi connectivity index (χ1n) is 10.0. The number of methoxy groups -OCH3 is 2. The number of amides is 1. The molecule has 1 aromatic heterocycles. The van der Waals surface area contributed by atoms with Crippen LogP contribution < -0.4 is 14.4 Å². The third-order valence-corrected chi connectivity index (χ3v) is 6.89. The third kappa shape index (κ3) is 2.74. The molecule has 3 atom stereocenters. The average Bonchev–Trinajstić information content (AvgIpc) is 3.40. The van der Waals surface area contributed by atoms with E-state index in [1.54, 1.807) is 31.4 Å². The van der Waals surface area contributed by atoms with Crippen molar-refractivity contribution in [1.82, 2.24) is 4.98 Å². The standard InChI is InChI=1S/C22H22N2O5S/c1-27-15-9-5-7-13(19(15)28-2)17-16-18(25)12-6-3-4-8-14(12)29-20(16)21(26)24(17)22-23-10-11-30-22/h5,7,9-12,14,17H,3-4,6,8H2,1-2H3. The number of thiazole rings is 1. The zero-order valence-corrected chi connectivity index (χ0v) is 17.6. The van der Waals surface area contributed by atoms with Crippen LogP contribution in [-0.2, 0) is 14.3 Å². The monoisotopic (exact) mass is 426 g/mol. The van der Waals surface area contributed by atoms with Crippen LogP contribution in [0.2, 0.25) is 0 Å². The van der Waals surface area contributed by atoms with Gasteiger partial charge in [0.2, 0.25) is 0 Å². The lowest BCUT2D eigenvalue weighted by Crippen LogP contribution is -2.39. The van der Waals surface area contributed by atoms with Crippen molar-refractivity contribution >= 4 is 28.2 Å². The van der Waals surface area contributed by atoms with E-state index in [1.165, 1.54) is 11.3 Å². The normalized spacial score (nSPS) is 25.7. The van der Waals surface area contributed by atoms with Crippen LogP contribution in [0, 0.1) is 5.92 Å². The highest BCUT2D eigenvalue weighted by molar-refractivity contribution is 7.13. The number of hydrogen-bond acceptors (Lipinski definition) is 7. The smallest absolute Gasteiger partial charge is 0.296 e. The summed E-state index contributed by atoms with van der Waals surface area (Å²) in [7, 11) is 3.11. The van der Waals surface area contributed by atoms with Crippen molar-refractivity contribution in [3.63, 3.8) is 0 Å². The van der Waals surface area contributed by atoms with Gasteiger partial charge in [0.15, 0.2) is 28.2 Å². The number of carbonyl (C=O) groups excluding carboxylic acids is 2. The molecule has 5 rings (SSSR count). The van der Waals surface area contributed by atoms with Gasteiger partial charge in [-0.25, -0.2) is 4.98 Å². The second-order valence-corrected chi connectivity index (χ2v) is 8.50. The number of ketones is 1. The predicted octanol–water partition coefficient (Wildman–Crippen LogP) is 3.66. The van der Waals surface area contributed by atoms with Gasteiger partial charge >= 0.3 is 0 Å². The summed E-state index contributed by atoms with van der Waals surface area (Å²) in [4.78, 5) is 33.0. The lowest BCUT2D eigenvalue weighted by atomic mass is 9.77.